The molecule has 0 aromatic heterocycles. The topological polar surface area (TPSA) is 99.1 Å². The fraction of sp³-hybridized carbons (Fsp3) is 0.583. The number of amides is 2. The van der Waals surface area contributed by atoms with Crippen LogP contribution in [0.3, 0.4) is 0 Å². The molecule has 7 nitrogen and oxygen atoms in total. The van der Waals surface area contributed by atoms with Crippen LogP contribution in [0.25, 0.3) is 0 Å². The highest BCUT2D eigenvalue weighted by molar-refractivity contribution is 14.1. The van der Waals surface area contributed by atoms with E-state index in [2.05, 4.69) is 27.9 Å². The summed E-state index contributed by atoms with van der Waals surface area (Å²) in [6.45, 7) is 4.58. The summed E-state index contributed by atoms with van der Waals surface area (Å²) in [5.41, 5.74) is 0.461. The van der Waals surface area contributed by atoms with Crippen LogP contribution in [0.15, 0.2) is 35.9 Å². The van der Waals surface area contributed by atoms with E-state index in [-0.39, 0.29) is 37.3 Å². The number of hydrogen-bond acceptors (Lipinski definition) is 5. The van der Waals surface area contributed by atoms with E-state index in [9.17, 15) is 14.7 Å². The van der Waals surface area contributed by atoms with Crippen LogP contribution in [-0.2, 0) is 9.59 Å². The van der Waals surface area contributed by atoms with Crippen molar-refractivity contribution in [2.45, 2.75) is 57.8 Å². The average molecular weight is 556 g/mol. The molecule has 1 fully saturated rings. The average Bonchev–Trinajstić information content (AvgIpc) is 3.57. The molecule has 3 rings (SSSR count). The van der Waals surface area contributed by atoms with Crippen LogP contribution in [-0.4, -0.2) is 64.9 Å². The molecule has 1 aromatic carbocycles. The Kier molecular flexibility index (Phi) is 8.95. The summed E-state index contributed by atoms with van der Waals surface area (Å²) in [5, 5.41) is 23.1. The minimum absolute atomic E-state index is 0.000933. The van der Waals surface area contributed by atoms with Crippen LogP contribution >= 0.6 is 22.6 Å². The molecule has 2 aliphatic rings. The third kappa shape index (κ3) is 6.68. The van der Waals surface area contributed by atoms with Gasteiger partial charge in [-0.15, -0.1) is 0 Å². The van der Waals surface area contributed by atoms with Gasteiger partial charge in [-0.1, -0.05) is 26.0 Å². The van der Waals surface area contributed by atoms with Crippen LogP contribution < -0.4 is 10.1 Å². The Morgan fingerprint density at radius 2 is 2.00 bits per heavy atom. The molecule has 2 amide bonds. The van der Waals surface area contributed by atoms with E-state index < -0.39 is 18.2 Å². The lowest BCUT2D eigenvalue weighted by Crippen LogP contribution is -2.55. The van der Waals surface area contributed by atoms with Crippen molar-refractivity contribution in [1.29, 1.82) is 0 Å². The molecule has 0 saturated heterocycles. The minimum atomic E-state index is -0.963. The van der Waals surface area contributed by atoms with Gasteiger partial charge in [0.1, 0.15) is 18.0 Å². The Hall–Kier alpha value is -1.65. The monoisotopic (exact) mass is 556 g/mol. The molecule has 3 atom stereocenters. The standard InChI is InChI=1S/C24H33IN2O5/c1-15(2)11-22(29)27(14-16-7-8-16)19-12-17(24(31)26-9-10-28)13-21(23(19)30)32-20-6-4-3-5-18(20)25/h3-6,13,15-16,19,21,23,28,30H,7-12,14H2,1-2H3,(H,26,31)/t19-,21+,23+/m1/s1. The maximum Gasteiger partial charge on any atom is 0.247 e. The molecule has 0 heterocycles. The van der Waals surface area contributed by atoms with Gasteiger partial charge < -0.3 is 25.2 Å². The largest absolute Gasteiger partial charge is 0.482 e. The normalized spacial score (nSPS) is 22.9. The van der Waals surface area contributed by atoms with Gasteiger partial charge in [-0.25, -0.2) is 0 Å². The third-order valence-corrected chi connectivity index (χ3v) is 6.66. The predicted molar refractivity (Wildman–Crippen MR) is 130 cm³/mol. The van der Waals surface area contributed by atoms with Gasteiger partial charge in [0.2, 0.25) is 11.8 Å². The minimum Gasteiger partial charge on any atom is -0.482 e. The van der Waals surface area contributed by atoms with Gasteiger partial charge in [-0.2, -0.15) is 0 Å². The van der Waals surface area contributed by atoms with E-state index in [1.54, 1.807) is 11.0 Å². The van der Waals surface area contributed by atoms with E-state index in [1.165, 1.54) is 0 Å². The second kappa shape index (κ2) is 11.5. The zero-order valence-electron chi connectivity index (χ0n) is 18.7. The number of nitrogens with one attached hydrogen (secondary N) is 1. The van der Waals surface area contributed by atoms with E-state index in [4.69, 9.17) is 9.84 Å². The molecule has 3 N–H and O–H groups in total. The molecule has 1 aromatic rings. The van der Waals surface area contributed by atoms with Crippen LogP contribution in [0.2, 0.25) is 0 Å². The molecule has 0 radical (unpaired) electrons. The quantitative estimate of drug-likeness (QED) is 0.385. The number of ether oxygens (including phenoxy) is 1. The van der Waals surface area contributed by atoms with Gasteiger partial charge in [0.05, 0.1) is 16.2 Å². The number of nitrogens with zero attached hydrogens (tertiary/aromatic N) is 1. The number of para-hydroxylation sites is 1. The number of hydrogen-bond donors (Lipinski definition) is 3. The number of benzene rings is 1. The molecule has 2 aliphatic carbocycles. The molecule has 1 saturated carbocycles. The van der Waals surface area contributed by atoms with Gasteiger partial charge in [0.15, 0.2) is 0 Å². The fourth-order valence-corrected chi connectivity index (χ4v) is 4.45. The summed E-state index contributed by atoms with van der Waals surface area (Å²) in [4.78, 5) is 27.7. The van der Waals surface area contributed by atoms with E-state index in [0.717, 1.165) is 16.4 Å². The lowest BCUT2D eigenvalue weighted by Gasteiger charge is -2.41. The van der Waals surface area contributed by atoms with Crippen LogP contribution in [0.1, 0.15) is 39.5 Å². The highest BCUT2D eigenvalue weighted by Crippen LogP contribution is 2.34. The van der Waals surface area contributed by atoms with Gasteiger partial charge >= 0.3 is 0 Å². The van der Waals surface area contributed by atoms with Crippen molar-refractivity contribution in [1.82, 2.24) is 10.2 Å². The summed E-state index contributed by atoms with van der Waals surface area (Å²) in [7, 11) is 0. The second-order valence-corrected chi connectivity index (χ2v) is 10.2. The number of carbonyl (C=O) groups is 2. The smallest absolute Gasteiger partial charge is 0.247 e. The fourth-order valence-electron chi connectivity index (χ4n) is 3.93. The van der Waals surface area contributed by atoms with E-state index >= 15 is 0 Å². The Bertz CT molecular complexity index is 839. The summed E-state index contributed by atoms with van der Waals surface area (Å²) in [5.74, 6) is 0.957. The first kappa shape index (κ1) is 25.0. The molecule has 176 valence electrons. The van der Waals surface area contributed by atoms with Gasteiger partial charge in [0.25, 0.3) is 0 Å². The zero-order valence-corrected chi connectivity index (χ0v) is 20.8. The van der Waals surface area contributed by atoms with Crippen LogP contribution in [0.4, 0.5) is 0 Å². The Morgan fingerprint density at radius 3 is 2.62 bits per heavy atom. The van der Waals surface area contributed by atoms with Gasteiger partial charge in [-0.3, -0.25) is 9.59 Å². The number of aliphatic hydroxyl groups is 2. The highest BCUT2D eigenvalue weighted by atomic mass is 127. The maximum atomic E-state index is 13.1. The summed E-state index contributed by atoms with van der Waals surface area (Å²) in [6, 6.07) is 6.94. The van der Waals surface area contributed by atoms with Crippen molar-refractivity contribution in [3.8, 4) is 5.75 Å². The molecule has 0 spiro atoms. The van der Waals surface area contributed by atoms with Crippen molar-refractivity contribution in [2.24, 2.45) is 11.8 Å². The first-order valence-corrected chi connectivity index (χ1v) is 12.4. The van der Waals surface area contributed by atoms with Crippen molar-refractivity contribution < 1.29 is 24.5 Å². The lowest BCUT2D eigenvalue weighted by atomic mass is 9.87. The maximum absolute atomic E-state index is 13.1. The molecule has 8 heteroatoms. The van der Waals surface area contributed by atoms with Crippen LogP contribution in [0, 0.1) is 15.4 Å². The summed E-state index contributed by atoms with van der Waals surface area (Å²) < 4.78 is 7.04. The first-order valence-electron chi connectivity index (χ1n) is 11.3. The molecule has 0 unspecified atom stereocenters. The van der Waals surface area contributed by atoms with Crippen LogP contribution in [0.5, 0.6) is 5.75 Å². The molecule has 0 bridgehead atoms. The van der Waals surface area contributed by atoms with Gasteiger partial charge in [-0.05, 0) is 65.5 Å². The zero-order chi connectivity index (χ0) is 23.3. The van der Waals surface area contributed by atoms with Crippen molar-refractivity contribution in [2.75, 3.05) is 19.7 Å². The molecule has 0 aliphatic heterocycles. The summed E-state index contributed by atoms with van der Waals surface area (Å²) in [6.07, 6.45) is 2.73. The number of aliphatic hydroxyl groups excluding tert-OH is 2. The SMILES string of the molecule is CC(C)CC(=O)N(CC1CC1)[C@@H]1CC(C(=O)NCCO)=C[C@H](Oc2ccccc2I)[C@H]1O. The van der Waals surface area contributed by atoms with Crippen molar-refractivity contribution >= 4 is 34.4 Å². The van der Waals surface area contributed by atoms with Crippen molar-refractivity contribution in [3.05, 3.63) is 39.5 Å². The molecule has 32 heavy (non-hydrogen) atoms. The van der Waals surface area contributed by atoms with E-state index in [0.29, 0.717) is 30.2 Å². The molecular weight excluding hydrogens is 523 g/mol. The second-order valence-electron chi connectivity index (χ2n) is 9.03. The van der Waals surface area contributed by atoms with Crippen molar-refractivity contribution in [3.63, 3.8) is 0 Å². The van der Waals surface area contributed by atoms with Gasteiger partial charge in [0, 0.05) is 31.5 Å². The third-order valence-electron chi connectivity index (χ3n) is 5.77. The Balaban J connectivity index is 1.90. The lowest BCUT2D eigenvalue weighted by molar-refractivity contribution is -0.139. The summed E-state index contributed by atoms with van der Waals surface area (Å²) >= 11 is 2.17. The molecular formula is C24H33IN2O5. The Morgan fingerprint density at radius 1 is 1.28 bits per heavy atom. The number of rotatable bonds is 10. The van der Waals surface area contributed by atoms with E-state index in [1.807, 2.05) is 38.1 Å². The number of carbonyl (C=O) groups excluding carboxylic acids is 2. The predicted octanol–water partition coefficient (Wildman–Crippen LogP) is 2.49. The Labute approximate surface area is 203 Å². The highest BCUT2D eigenvalue weighted by Gasteiger charge is 2.42. The first-order chi connectivity index (χ1) is 15.3. The number of halogens is 1.